The highest BCUT2D eigenvalue weighted by Gasteiger charge is 2.17. The Labute approximate surface area is 95.9 Å². The second kappa shape index (κ2) is 5.17. The summed E-state index contributed by atoms with van der Waals surface area (Å²) in [5, 5.41) is 37.9. The van der Waals surface area contributed by atoms with Crippen LogP contribution in [0.15, 0.2) is 18.2 Å². The maximum Gasteiger partial charge on any atom is 0.334 e. The number of aromatic hydroxyl groups is 2. The molecule has 1 aromatic rings. The molecule has 0 aromatic heterocycles. The van der Waals surface area contributed by atoms with Gasteiger partial charge < -0.3 is 25.7 Å². The molecular formula is C10H11NO6. The lowest BCUT2D eigenvalue weighted by atomic mass is 10.1. The Kier molecular flexibility index (Phi) is 3.89. The lowest BCUT2D eigenvalue weighted by Gasteiger charge is -2.09. The number of carbonyl (C=O) groups is 2. The first-order chi connectivity index (χ1) is 7.93. The van der Waals surface area contributed by atoms with Gasteiger partial charge in [0.2, 0.25) is 0 Å². The fourth-order valence-corrected chi connectivity index (χ4v) is 1.09. The molecular weight excluding hydrogens is 230 g/mol. The van der Waals surface area contributed by atoms with Crippen molar-refractivity contribution in [2.45, 2.75) is 6.10 Å². The average molecular weight is 241 g/mol. The molecule has 5 N–H and O–H groups in total. The number of carbonyl (C=O) groups excluding carboxylic acids is 1. The van der Waals surface area contributed by atoms with Crippen molar-refractivity contribution >= 4 is 11.9 Å². The first-order valence-corrected chi connectivity index (χ1v) is 4.63. The molecule has 0 aliphatic carbocycles. The number of nitrogens with one attached hydrogen (secondary N) is 1. The summed E-state index contributed by atoms with van der Waals surface area (Å²) in [4.78, 5) is 21.7. The van der Waals surface area contributed by atoms with Crippen LogP contribution in [0.2, 0.25) is 0 Å². The number of rotatable bonds is 4. The van der Waals surface area contributed by atoms with Crippen molar-refractivity contribution in [1.29, 1.82) is 0 Å². The van der Waals surface area contributed by atoms with Gasteiger partial charge in [-0.05, 0) is 12.1 Å². The molecule has 0 saturated carbocycles. The number of carboxylic acids is 1. The van der Waals surface area contributed by atoms with E-state index in [4.69, 9.17) is 15.3 Å². The van der Waals surface area contributed by atoms with Crippen LogP contribution in [0.1, 0.15) is 10.4 Å². The zero-order valence-electron chi connectivity index (χ0n) is 8.62. The van der Waals surface area contributed by atoms with Gasteiger partial charge in [0.05, 0.1) is 12.1 Å². The van der Waals surface area contributed by atoms with Crippen molar-refractivity contribution < 1.29 is 30.0 Å². The van der Waals surface area contributed by atoms with E-state index in [1.165, 1.54) is 18.2 Å². The first-order valence-electron chi connectivity index (χ1n) is 4.63. The Morgan fingerprint density at radius 2 is 1.94 bits per heavy atom. The molecule has 7 heteroatoms. The first kappa shape index (κ1) is 12.8. The Morgan fingerprint density at radius 1 is 1.29 bits per heavy atom. The molecule has 92 valence electrons. The van der Waals surface area contributed by atoms with E-state index in [0.29, 0.717) is 0 Å². The van der Waals surface area contributed by atoms with Gasteiger partial charge in [-0.3, -0.25) is 4.79 Å². The number of phenolic OH excluding ortho intramolecular Hbond substituents is 2. The number of benzene rings is 1. The van der Waals surface area contributed by atoms with Gasteiger partial charge in [-0.25, -0.2) is 4.79 Å². The topological polar surface area (TPSA) is 127 Å². The highest BCUT2D eigenvalue weighted by atomic mass is 16.4. The molecule has 0 spiro atoms. The fourth-order valence-electron chi connectivity index (χ4n) is 1.09. The van der Waals surface area contributed by atoms with E-state index in [-0.39, 0.29) is 5.56 Å². The molecule has 0 radical (unpaired) electrons. The summed E-state index contributed by atoms with van der Waals surface area (Å²) >= 11 is 0. The van der Waals surface area contributed by atoms with Crippen LogP contribution in [-0.2, 0) is 4.79 Å². The van der Waals surface area contributed by atoms with Gasteiger partial charge in [0.1, 0.15) is 0 Å². The van der Waals surface area contributed by atoms with Crippen molar-refractivity contribution in [2.75, 3.05) is 6.54 Å². The molecule has 0 heterocycles. The smallest absolute Gasteiger partial charge is 0.334 e. The van der Waals surface area contributed by atoms with E-state index in [9.17, 15) is 14.7 Å². The monoisotopic (exact) mass is 241 g/mol. The van der Waals surface area contributed by atoms with Crippen LogP contribution in [-0.4, -0.2) is 45.0 Å². The number of aliphatic hydroxyl groups is 1. The molecule has 0 fully saturated rings. The lowest BCUT2D eigenvalue weighted by molar-refractivity contribution is -0.146. The van der Waals surface area contributed by atoms with E-state index in [1.807, 2.05) is 0 Å². The Balaban J connectivity index is 2.71. The van der Waals surface area contributed by atoms with Crippen LogP contribution in [0.3, 0.4) is 0 Å². The third kappa shape index (κ3) is 3.08. The predicted molar refractivity (Wildman–Crippen MR) is 55.7 cm³/mol. The van der Waals surface area contributed by atoms with Gasteiger partial charge in [0.25, 0.3) is 5.91 Å². The second-order valence-electron chi connectivity index (χ2n) is 3.24. The van der Waals surface area contributed by atoms with Crippen molar-refractivity contribution in [3.8, 4) is 11.5 Å². The van der Waals surface area contributed by atoms with Gasteiger partial charge in [0, 0.05) is 0 Å². The minimum Gasteiger partial charge on any atom is -0.504 e. The SMILES string of the molecule is O=C(NCC(O)C(=O)O)c1cccc(O)c1O. The summed E-state index contributed by atoms with van der Waals surface area (Å²) in [6.45, 7) is -0.497. The second-order valence-corrected chi connectivity index (χ2v) is 3.24. The molecule has 1 aromatic carbocycles. The fraction of sp³-hybridized carbons (Fsp3) is 0.200. The highest BCUT2D eigenvalue weighted by Crippen LogP contribution is 2.27. The Hall–Kier alpha value is -2.28. The Morgan fingerprint density at radius 3 is 2.53 bits per heavy atom. The predicted octanol–water partition coefficient (Wildman–Crippen LogP) is -0.727. The molecule has 1 atom stereocenters. The largest absolute Gasteiger partial charge is 0.504 e. The van der Waals surface area contributed by atoms with Crippen LogP contribution < -0.4 is 5.32 Å². The van der Waals surface area contributed by atoms with Crippen molar-refractivity contribution in [1.82, 2.24) is 5.32 Å². The van der Waals surface area contributed by atoms with Gasteiger partial charge in [0.15, 0.2) is 17.6 Å². The van der Waals surface area contributed by atoms with Crippen LogP contribution in [0.4, 0.5) is 0 Å². The highest BCUT2D eigenvalue weighted by molar-refractivity contribution is 5.97. The zero-order chi connectivity index (χ0) is 13.0. The number of hydrogen-bond donors (Lipinski definition) is 5. The quantitative estimate of drug-likeness (QED) is 0.442. The summed E-state index contributed by atoms with van der Waals surface area (Å²) in [5.41, 5.74) is -0.206. The third-order valence-electron chi connectivity index (χ3n) is 2.00. The van der Waals surface area contributed by atoms with Crippen molar-refractivity contribution in [3.05, 3.63) is 23.8 Å². The van der Waals surface area contributed by atoms with E-state index < -0.39 is 36.0 Å². The standard InChI is InChI=1S/C10H11NO6/c12-6-3-1-2-5(8(6)14)9(15)11-4-7(13)10(16)17/h1-3,7,12-14H,4H2,(H,11,15)(H,16,17). The normalized spacial score (nSPS) is 11.8. The molecule has 1 unspecified atom stereocenters. The third-order valence-corrected chi connectivity index (χ3v) is 2.00. The number of para-hydroxylation sites is 1. The number of aliphatic carboxylic acids is 1. The van der Waals surface area contributed by atoms with E-state index in [0.717, 1.165) is 0 Å². The van der Waals surface area contributed by atoms with Crippen LogP contribution in [0.25, 0.3) is 0 Å². The molecule has 0 aliphatic heterocycles. The van der Waals surface area contributed by atoms with Crippen LogP contribution in [0, 0.1) is 0 Å². The summed E-state index contributed by atoms with van der Waals surface area (Å²) in [6.07, 6.45) is -1.72. The molecule has 7 nitrogen and oxygen atoms in total. The molecule has 1 rings (SSSR count). The number of phenols is 2. The van der Waals surface area contributed by atoms with E-state index in [1.54, 1.807) is 0 Å². The van der Waals surface area contributed by atoms with Crippen LogP contribution >= 0.6 is 0 Å². The van der Waals surface area contributed by atoms with Crippen LogP contribution in [0.5, 0.6) is 11.5 Å². The molecule has 0 bridgehead atoms. The molecule has 0 saturated heterocycles. The average Bonchev–Trinajstić information content (AvgIpc) is 2.29. The maximum atomic E-state index is 11.5. The molecule has 0 aliphatic rings. The van der Waals surface area contributed by atoms with Crippen molar-refractivity contribution in [3.63, 3.8) is 0 Å². The van der Waals surface area contributed by atoms with Gasteiger partial charge in [-0.2, -0.15) is 0 Å². The maximum absolute atomic E-state index is 11.5. The molecule has 1 amide bonds. The minimum absolute atomic E-state index is 0.206. The summed E-state index contributed by atoms with van der Waals surface area (Å²) in [5.74, 6) is -3.32. The number of aliphatic hydroxyl groups excluding tert-OH is 1. The zero-order valence-corrected chi connectivity index (χ0v) is 8.62. The minimum atomic E-state index is -1.72. The molecule has 17 heavy (non-hydrogen) atoms. The van der Waals surface area contributed by atoms with Gasteiger partial charge >= 0.3 is 5.97 Å². The lowest BCUT2D eigenvalue weighted by Crippen LogP contribution is -2.36. The number of hydrogen-bond acceptors (Lipinski definition) is 5. The number of amides is 1. The van der Waals surface area contributed by atoms with E-state index >= 15 is 0 Å². The van der Waals surface area contributed by atoms with E-state index in [2.05, 4.69) is 5.32 Å². The van der Waals surface area contributed by atoms with Crippen molar-refractivity contribution in [2.24, 2.45) is 0 Å². The summed E-state index contributed by atoms with van der Waals surface area (Å²) in [6, 6.07) is 3.79. The number of carboxylic acid groups (broad SMARTS) is 1. The van der Waals surface area contributed by atoms with Gasteiger partial charge in [-0.15, -0.1) is 0 Å². The summed E-state index contributed by atoms with van der Waals surface area (Å²) in [7, 11) is 0. The summed E-state index contributed by atoms with van der Waals surface area (Å²) < 4.78 is 0. The Bertz CT molecular complexity index is 444. The van der Waals surface area contributed by atoms with Gasteiger partial charge in [-0.1, -0.05) is 6.07 Å².